The minimum atomic E-state index is -0.664. The Morgan fingerprint density at radius 2 is 0.651 bits per heavy atom. The van der Waals surface area contributed by atoms with Gasteiger partial charge in [0.1, 0.15) is 0 Å². The number of aliphatic hydroxyl groups is 2. The molecule has 6 nitrogen and oxygen atoms in total. The number of aliphatic hydroxyl groups excluding tert-OH is 2. The molecule has 0 saturated heterocycles. The Bertz CT molecular complexity index is 898. The van der Waals surface area contributed by atoms with Crippen LogP contribution in [-0.2, 0) is 14.3 Å². The molecule has 0 spiro atoms. The number of carbonyl (C=O) groups excluding carboxylic acids is 2. The standard InChI is InChI=1S/C57H113NO5/c1-3-5-7-9-11-13-15-16-17-18-22-25-28-31-35-39-43-47-51-57(62)63-52-48-44-40-36-32-29-26-23-20-19-21-24-27-30-34-38-42-46-50-56(61)58-54(53-59)55(60)49-45-41-37-33-14-12-10-8-6-4-2/h54-55,59-60H,3-53H2,1-2H3,(H,58,61). The molecule has 0 aromatic heterocycles. The number of hydrogen-bond donors (Lipinski definition) is 3. The van der Waals surface area contributed by atoms with Crippen molar-refractivity contribution < 1.29 is 24.5 Å². The third-order valence-corrected chi connectivity index (χ3v) is 13.7. The predicted molar refractivity (Wildman–Crippen MR) is 274 cm³/mol. The third-order valence-electron chi connectivity index (χ3n) is 13.7. The summed E-state index contributed by atoms with van der Waals surface area (Å²) < 4.78 is 5.49. The average Bonchev–Trinajstić information content (AvgIpc) is 3.28. The number of amides is 1. The SMILES string of the molecule is CCCCCCCCCCCCCCCCCCCCC(=O)OCCCCCCCCCCCCCCCCCCCCC(=O)NC(CO)C(O)CCCCCCCCCCCC. The van der Waals surface area contributed by atoms with Crippen molar-refractivity contribution in [3.63, 3.8) is 0 Å². The van der Waals surface area contributed by atoms with E-state index >= 15 is 0 Å². The summed E-state index contributed by atoms with van der Waals surface area (Å²) in [4.78, 5) is 24.5. The highest BCUT2D eigenvalue weighted by molar-refractivity contribution is 5.76. The summed E-state index contributed by atoms with van der Waals surface area (Å²) in [5.74, 6) is -0.0265. The molecule has 0 bridgehead atoms. The normalized spacial score (nSPS) is 12.5. The zero-order valence-corrected chi connectivity index (χ0v) is 42.8. The lowest BCUT2D eigenvalue weighted by Crippen LogP contribution is -2.45. The molecule has 0 aliphatic heterocycles. The molecule has 0 aliphatic rings. The molecule has 0 aliphatic carbocycles. The molecule has 376 valence electrons. The van der Waals surface area contributed by atoms with E-state index in [-0.39, 0.29) is 18.5 Å². The van der Waals surface area contributed by atoms with E-state index in [1.54, 1.807) is 0 Å². The molecular formula is C57H113NO5. The molecule has 3 N–H and O–H groups in total. The number of unbranched alkanes of at least 4 members (excludes halogenated alkanes) is 43. The smallest absolute Gasteiger partial charge is 0.305 e. The van der Waals surface area contributed by atoms with E-state index in [1.165, 1.54) is 257 Å². The monoisotopic (exact) mass is 892 g/mol. The average molecular weight is 893 g/mol. The van der Waals surface area contributed by atoms with Crippen molar-refractivity contribution in [2.24, 2.45) is 0 Å². The first-order valence-electron chi connectivity index (χ1n) is 28.8. The van der Waals surface area contributed by atoms with Crippen molar-refractivity contribution in [3.05, 3.63) is 0 Å². The van der Waals surface area contributed by atoms with Gasteiger partial charge in [-0.3, -0.25) is 9.59 Å². The number of esters is 1. The van der Waals surface area contributed by atoms with Crippen LogP contribution in [-0.4, -0.2) is 47.4 Å². The quantitative estimate of drug-likeness (QED) is 0.0418. The van der Waals surface area contributed by atoms with Gasteiger partial charge in [0.05, 0.1) is 25.4 Å². The topological polar surface area (TPSA) is 95.9 Å². The molecule has 0 saturated carbocycles. The van der Waals surface area contributed by atoms with E-state index in [9.17, 15) is 19.8 Å². The van der Waals surface area contributed by atoms with Crippen LogP contribution in [0.5, 0.6) is 0 Å². The van der Waals surface area contributed by atoms with Crippen LogP contribution in [0.1, 0.15) is 328 Å². The molecule has 0 rings (SSSR count). The second kappa shape index (κ2) is 53.5. The Kier molecular flexibility index (Phi) is 52.5. The number of hydrogen-bond acceptors (Lipinski definition) is 5. The summed E-state index contributed by atoms with van der Waals surface area (Å²) in [5, 5.41) is 23.1. The molecule has 0 aromatic carbocycles. The van der Waals surface area contributed by atoms with Crippen molar-refractivity contribution in [1.29, 1.82) is 0 Å². The van der Waals surface area contributed by atoms with Crippen LogP contribution < -0.4 is 5.32 Å². The second-order valence-corrected chi connectivity index (χ2v) is 20.0. The summed E-state index contributed by atoms with van der Waals surface area (Å²) in [6.45, 7) is 4.95. The van der Waals surface area contributed by atoms with E-state index in [2.05, 4.69) is 19.2 Å². The lowest BCUT2D eigenvalue weighted by atomic mass is 10.0. The Labute approximate surface area is 394 Å². The molecule has 63 heavy (non-hydrogen) atoms. The molecule has 0 fully saturated rings. The summed E-state index contributed by atoms with van der Waals surface area (Å²) in [7, 11) is 0. The van der Waals surface area contributed by atoms with Gasteiger partial charge in [-0.05, 0) is 25.7 Å². The maximum Gasteiger partial charge on any atom is 0.305 e. The van der Waals surface area contributed by atoms with E-state index < -0.39 is 12.1 Å². The van der Waals surface area contributed by atoms with Gasteiger partial charge in [-0.15, -0.1) is 0 Å². The van der Waals surface area contributed by atoms with Gasteiger partial charge in [0.15, 0.2) is 0 Å². The van der Waals surface area contributed by atoms with E-state index in [1.807, 2.05) is 0 Å². The van der Waals surface area contributed by atoms with Crippen molar-refractivity contribution in [2.45, 2.75) is 341 Å². The van der Waals surface area contributed by atoms with Crippen LogP contribution in [0.15, 0.2) is 0 Å². The Balaban J connectivity index is 3.34. The zero-order valence-electron chi connectivity index (χ0n) is 42.8. The highest BCUT2D eigenvalue weighted by Gasteiger charge is 2.20. The number of nitrogens with one attached hydrogen (secondary N) is 1. The molecule has 1 amide bonds. The van der Waals surface area contributed by atoms with Crippen LogP contribution in [0.4, 0.5) is 0 Å². The van der Waals surface area contributed by atoms with Crippen molar-refractivity contribution in [2.75, 3.05) is 13.2 Å². The van der Waals surface area contributed by atoms with Crippen molar-refractivity contribution in [1.82, 2.24) is 5.32 Å². The van der Waals surface area contributed by atoms with Crippen LogP contribution in [0, 0.1) is 0 Å². The van der Waals surface area contributed by atoms with Gasteiger partial charge >= 0.3 is 5.97 Å². The van der Waals surface area contributed by atoms with Gasteiger partial charge in [0, 0.05) is 12.8 Å². The highest BCUT2D eigenvalue weighted by atomic mass is 16.5. The number of rotatable bonds is 54. The maximum atomic E-state index is 12.4. The van der Waals surface area contributed by atoms with E-state index in [4.69, 9.17) is 4.74 Å². The van der Waals surface area contributed by atoms with Crippen LogP contribution in [0.2, 0.25) is 0 Å². The number of ether oxygens (including phenoxy) is 1. The minimum absolute atomic E-state index is 0.0123. The fraction of sp³-hybridized carbons (Fsp3) is 0.965. The van der Waals surface area contributed by atoms with Crippen LogP contribution in [0.3, 0.4) is 0 Å². The van der Waals surface area contributed by atoms with E-state index in [0.717, 1.165) is 38.5 Å². The fourth-order valence-corrected chi connectivity index (χ4v) is 9.23. The van der Waals surface area contributed by atoms with Crippen molar-refractivity contribution in [3.8, 4) is 0 Å². The van der Waals surface area contributed by atoms with Gasteiger partial charge in [0.25, 0.3) is 0 Å². The van der Waals surface area contributed by atoms with Gasteiger partial charge in [-0.1, -0.05) is 290 Å². The van der Waals surface area contributed by atoms with Crippen LogP contribution in [0.25, 0.3) is 0 Å². The van der Waals surface area contributed by atoms with Crippen molar-refractivity contribution >= 4 is 11.9 Å². The zero-order chi connectivity index (χ0) is 45.8. The molecule has 0 aromatic rings. The second-order valence-electron chi connectivity index (χ2n) is 20.0. The highest BCUT2D eigenvalue weighted by Crippen LogP contribution is 2.18. The fourth-order valence-electron chi connectivity index (χ4n) is 9.23. The molecule has 0 radical (unpaired) electrons. The van der Waals surface area contributed by atoms with Gasteiger partial charge < -0.3 is 20.3 Å². The third kappa shape index (κ3) is 50.1. The molecule has 2 atom stereocenters. The summed E-state index contributed by atoms with van der Waals surface area (Å²) in [5.41, 5.74) is 0. The molecule has 2 unspecified atom stereocenters. The minimum Gasteiger partial charge on any atom is -0.466 e. The van der Waals surface area contributed by atoms with E-state index in [0.29, 0.717) is 25.9 Å². The Morgan fingerprint density at radius 3 is 0.968 bits per heavy atom. The molecule has 0 heterocycles. The maximum absolute atomic E-state index is 12.4. The van der Waals surface area contributed by atoms with Gasteiger partial charge in [-0.2, -0.15) is 0 Å². The predicted octanol–water partition coefficient (Wildman–Crippen LogP) is 17.5. The summed E-state index contributed by atoms with van der Waals surface area (Å²) in [6.07, 6.45) is 61.0. The van der Waals surface area contributed by atoms with Gasteiger partial charge in [-0.25, -0.2) is 0 Å². The lowest BCUT2D eigenvalue weighted by molar-refractivity contribution is -0.143. The Morgan fingerprint density at radius 1 is 0.381 bits per heavy atom. The Hall–Kier alpha value is -1.14. The first kappa shape index (κ1) is 61.9. The van der Waals surface area contributed by atoms with Gasteiger partial charge in [0.2, 0.25) is 5.91 Å². The first-order valence-corrected chi connectivity index (χ1v) is 28.8. The van der Waals surface area contributed by atoms with Crippen LogP contribution >= 0.6 is 0 Å². The summed E-state index contributed by atoms with van der Waals surface area (Å²) in [6, 6.07) is -0.541. The number of carbonyl (C=O) groups is 2. The summed E-state index contributed by atoms with van der Waals surface area (Å²) >= 11 is 0. The largest absolute Gasteiger partial charge is 0.466 e. The molecule has 6 heteroatoms. The first-order chi connectivity index (χ1) is 31.0. The molecular weight excluding hydrogens is 779 g/mol. The lowest BCUT2D eigenvalue weighted by Gasteiger charge is -2.22.